The predicted molar refractivity (Wildman–Crippen MR) is 125 cm³/mol. The summed E-state index contributed by atoms with van der Waals surface area (Å²) in [4.78, 5) is 0. The van der Waals surface area contributed by atoms with Gasteiger partial charge < -0.3 is 11.5 Å². The van der Waals surface area contributed by atoms with Crippen molar-refractivity contribution in [2.24, 2.45) is 0 Å². The lowest BCUT2D eigenvalue weighted by molar-refractivity contribution is 0.768. The number of fused-ring (bicyclic) bond motifs is 3. The molecular weight excluding hydrogens is 455 g/mol. The van der Waals surface area contributed by atoms with Crippen LogP contribution in [0.5, 0.6) is 0 Å². The van der Waals surface area contributed by atoms with Crippen molar-refractivity contribution in [2.75, 3.05) is 11.5 Å². The lowest BCUT2D eigenvalue weighted by Crippen LogP contribution is -2.28. The van der Waals surface area contributed by atoms with E-state index in [0.29, 0.717) is 0 Å². The van der Waals surface area contributed by atoms with Crippen LogP contribution in [0.4, 0.5) is 11.4 Å². The van der Waals surface area contributed by atoms with Crippen LogP contribution in [0.25, 0.3) is 11.1 Å². The molecule has 0 saturated heterocycles. The van der Waals surface area contributed by atoms with E-state index in [4.69, 9.17) is 11.5 Å². The molecule has 0 heterocycles. The van der Waals surface area contributed by atoms with Crippen LogP contribution in [0.2, 0.25) is 0 Å². The summed E-state index contributed by atoms with van der Waals surface area (Å²) >= 11 is 2.45. The van der Waals surface area contributed by atoms with Gasteiger partial charge in [-0.2, -0.15) is 0 Å². The zero-order valence-corrected chi connectivity index (χ0v) is 17.4. The van der Waals surface area contributed by atoms with E-state index >= 15 is 0 Å². The minimum Gasteiger partial charge on any atom is -0.399 e. The molecule has 1 aliphatic carbocycles. The van der Waals surface area contributed by atoms with E-state index in [2.05, 4.69) is 89.3 Å². The van der Waals surface area contributed by atoms with Crippen molar-refractivity contribution in [3.63, 3.8) is 0 Å². The fourth-order valence-electron chi connectivity index (χ4n) is 4.54. The van der Waals surface area contributed by atoms with E-state index in [9.17, 15) is 0 Å². The van der Waals surface area contributed by atoms with Gasteiger partial charge in [-0.3, -0.25) is 0 Å². The summed E-state index contributed by atoms with van der Waals surface area (Å²) in [5.74, 6) is 0. The first-order valence-electron chi connectivity index (χ1n) is 9.23. The number of anilines is 2. The lowest BCUT2D eigenvalue weighted by atomic mass is 9.67. The Balaban J connectivity index is 1.97. The lowest BCUT2D eigenvalue weighted by Gasteiger charge is -2.34. The van der Waals surface area contributed by atoms with Gasteiger partial charge in [-0.1, -0.05) is 60.7 Å². The summed E-state index contributed by atoms with van der Waals surface area (Å²) in [6.07, 6.45) is 0. The second kappa shape index (κ2) is 6.38. The first-order chi connectivity index (χ1) is 13.6. The topological polar surface area (TPSA) is 52.0 Å². The molecule has 136 valence electrons. The highest BCUT2D eigenvalue weighted by molar-refractivity contribution is 14.1. The highest BCUT2D eigenvalue weighted by Crippen LogP contribution is 2.57. The van der Waals surface area contributed by atoms with Crippen molar-refractivity contribution >= 4 is 34.0 Å². The molecule has 5 rings (SSSR count). The molecule has 0 aliphatic heterocycles. The van der Waals surface area contributed by atoms with Crippen LogP contribution in [0.1, 0.15) is 22.3 Å². The zero-order chi connectivity index (χ0) is 19.3. The summed E-state index contributed by atoms with van der Waals surface area (Å²) in [5.41, 5.74) is 20.8. The van der Waals surface area contributed by atoms with Crippen LogP contribution in [-0.4, -0.2) is 0 Å². The monoisotopic (exact) mass is 474 g/mol. The van der Waals surface area contributed by atoms with Gasteiger partial charge in [-0.15, -0.1) is 0 Å². The van der Waals surface area contributed by atoms with Gasteiger partial charge >= 0.3 is 0 Å². The predicted octanol–water partition coefficient (Wildman–Crippen LogP) is 5.82. The molecule has 4 aromatic rings. The van der Waals surface area contributed by atoms with E-state index in [1.807, 2.05) is 24.3 Å². The molecule has 0 bridgehead atoms. The molecule has 4 aromatic carbocycles. The fourth-order valence-corrected chi connectivity index (χ4v) is 5.33. The van der Waals surface area contributed by atoms with Crippen molar-refractivity contribution in [1.82, 2.24) is 0 Å². The number of nitrogen functional groups attached to an aromatic ring is 2. The maximum absolute atomic E-state index is 6.02. The first kappa shape index (κ1) is 17.3. The molecule has 0 fully saturated rings. The number of hydrogen-bond donors (Lipinski definition) is 2. The highest BCUT2D eigenvalue weighted by atomic mass is 127. The second-order valence-corrected chi connectivity index (χ2v) is 8.36. The molecule has 0 aromatic heterocycles. The number of nitrogens with two attached hydrogens (primary N) is 2. The molecule has 0 radical (unpaired) electrons. The Labute approximate surface area is 178 Å². The third-order valence-electron chi connectivity index (χ3n) is 5.71. The molecule has 0 unspecified atom stereocenters. The van der Waals surface area contributed by atoms with E-state index in [0.717, 1.165) is 11.4 Å². The molecule has 4 N–H and O–H groups in total. The Morgan fingerprint density at radius 3 is 1.71 bits per heavy atom. The molecule has 0 saturated carbocycles. The molecule has 28 heavy (non-hydrogen) atoms. The second-order valence-electron chi connectivity index (χ2n) is 7.20. The summed E-state index contributed by atoms with van der Waals surface area (Å²) in [5, 5.41) is 0. The minimum absolute atomic E-state index is 0.394. The maximum atomic E-state index is 6.02. The van der Waals surface area contributed by atoms with E-state index < -0.39 is 5.41 Å². The van der Waals surface area contributed by atoms with Gasteiger partial charge in [-0.05, 0) is 80.7 Å². The average Bonchev–Trinajstić information content (AvgIpc) is 3.02. The smallest absolute Gasteiger partial charge is 0.0713 e. The van der Waals surface area contributed by atoms with Gasteiger partial charge in [0.25, 0.3) is 0 Å². The van der Waals surface area contributed by atoms with Gasteiger partial charge in [0.05, 0.1) is 5.41 Å². The molecule has 1 aliphatic rings. The maximum Gasteiger partial charge on any atom is 0.0713 e. The van der Waals surface area contributed by atoms with Gasteiger partial charge in [0, 0.05) is 20.5 Å². The Morgan fingerprint density at radius 2 is 1.11 bits per heavy atom. The van der Waals surface area contributed by atoms with Crippen LogP contribution < -0.4 is 11.5 Å². The van der Waals surface area contributed by atoms with Crippen molar-refractivity contribution < 1.29 is 0 Å². The Morgan fingerprint density at radius 1 is 0.571 bits per heavy atom. The number of benzene rings is 4. The van der Waals surface area contributed by atoms with Crippen LogP contribution in [0.3, 0.4) is 0 Å². The summed E-state index contributed by atoms with van der Waals surface area (Å²) in [6.45, 7) is 0. The standard InChI is InChI=1S/C25H19IN2/c26-23-7-3-6-22-24(23)20-4-1-2-5-21(20)25(22,16-8-12-18(27)13-9-16)17-10-14-19(28)15-11-17/h1-15H,27-28H2. The van der Waals surface area contributed by atoms with Crippen LogP contribution in [0.15, 0.2) is 91.0 Å². The van der Waals surface area contributed by atoms with Gasteiger partial charge in [0.1, 0.15) is 0 Å². The van der Waals surface area contributed by atoms with Crippen molar-refractivity contribution in [3.05, 3.63) is 117 Å². The normalized spacial score (nSPS) is 13.8. The summed E-state index contributed by atoms with van der Waals surface area (Å²) in [7, 11) is 0. The van der Waals surface area contributed by atoms with E-state index in [1.54, 1.807) is 0 Å². The average molecular weight is 474 g/mol. The fraction of sp³-hybridized carbons (Fsp3) is 0.0400. The van der Waals surface area contributed by atoms with Crippen LogP contribution in [0, 0.1) is 3.57 Å². The Kier molecular flexibility index (Phi) is 3.95. The van der Waals surface area contributed by atoms with E-state index in [1.165, 1.54) is 37.0 Å². The van der Waals surface area contributed by atoms with Crippen molar-refractivity contribution in [2.45, 2.75) is 5.41 Å². The molecule has 0 amide bonds. The van der Waals surface area contributed by atoms with Crippen LogP contribution in [-0.2, 0) is 5.41 Å². The molecule has 0 spiro atoms. The van der Waals surface area contributed by atoms with Gasteiger partial charge in [0.2, 0.25) is 0 Å². The minimum atomic E-state index is -0.394. The zero-order valence-electron chi connectivity index (χ0n) is 15.2. The molecular formula is C25H19IN2. The molecule has 3 heteroatoms. The molecule has 2 nitrogen and oxygen atoms in total. The number of halogens is 1. The number of rotatable bonds is 2. The Bertz CT molecular complexity index is 1130. The molecule has 0 atom stereocenters. The van der Waals surface area contributed by atoms with Crippen molar-refractivity contribution in [1.29, 1.82) is 0 Å². The third-order valence-corrected chi connectivity index (χ3v) is 6.60. The van der Waals surface area contributed by atoms with Gasteiger partial charge in [0.15, 0.2) is 0 Å². The first-order valence-corrected chi connectivity index (χ1v) is 10.3. The summed E-state index contributed by atoms with van der Waals surface area (Å²) < 4.78 is 1.26. The SMILES string of the molecule is Nc1ccc(C2(c3ccc(N)cc3)c3ccccc3-c3c(I)cccc32)cc1. The quantitative estimate of drug-likeness (QED) is 0.250. The number of hydrogen-bond acceptors (Lipinski definition) is 2. The Hall–Kier alpha value is -2.79. The van der Waals surface area contributed by atoms with Crippen LogP contribution >= 0.6 is 22.6 Å². The summed E-state index contributed by atoms with van der Waals surface area (Å²) in [6, 6.07) is 31.9. The third kappa shape index (κ3) is 2.32. The van der Waals surface area contributed by atoms with E-state index in [-0.39, 0.29) is 0 Å². The largest absolute Gasteiger partial charge is 0.399 e. The van der Waals surface area contributed by atoms with Gasteiger partial charge in [-0.25, -0.2) is 0 Å². The highest BCUT2D eigenvalue weighted by Gasteiger charge is 2.46. The van der Waals surface area contributed by atoms with Crippen molar-refractivity contribution in [3.8, 4) is 11.1 Å².